The Morgan fingerprint density at radius 3 is 2.94 bits per heavy atom. The molecule has 0 aliphatic carbocycles. The number of ether oxygens (including phenoxy) is 1. The number of hydrogen-bond donors (Lipinski definition) is 2. The van der Waals surface area contributed by atoms with Crippen LogP contribution in [0.4, 0.5) is 0 Å². The fourth-order valence-corrected chi connectivity index (χ4v) is 1.70. The number of carbonyl (C=O) groups excluding carboxylic acids is 1. The number of amides is 1. The third-order valence-electron chi connectivity index (χ3n) is 2.77. The average molecular weight is 250 g/mol. The van der Waals surface area contributed by atoms with Crippen molar-refractivity contribution in [3.8, 4) is 0 Å². The number of aryl methyl sites for hydroxylation is 1. The molecule has 0 saturated heterocycles. The van der Waals surface area contributed by atoms with Crippen LogP contribution in [0.3, 0.4) is 0 Å². The van der Waals surface area contributed by atoms with Gasteiger partial charge in [0.05, 0.1) is 6.04 Å². The van der Waals surface area contributed by atoms with Gasteiger partial charge in [-0.1, -0.05) is 29.8 Å². The molecule has 0 aliphatic heterocycles. The zero-order valence-corrected chi connectivity index (χ0v) is 11.1. The number of benzene rings is 1. The van der Waals surface area contributed by atoms with E-state index in [1.165, 1.54) is 11.1 Å². The minimum absolute atomic E-state index is 0.111. The molecule has 18 heavy (non-hydrogen) atoms. The van der Waals surface area contributed by atoms with Crippen molar-refractivity contribution >= 4 is 5.91 Å². The molecule has 1 unspecified atom stereocenters. The van der Waals surface area contributed by atoms with Crippen molar-refractivity contribution < 1.29 is 9.53 Å². The summed E-state index contributed by atoms with van der Waals surface area (Å²) in [6, 6.07) is 7.78. The van der Waals surface area contributed by atoms with Crippen LogP contribution in [0.1, 0.15) is 17.5 Å². The van der Waals surface area contributed by atoms with E-state index in [-0.39, 0.29) is 5.91 Å². The van der Waals surface area contributed by atoms with Crippen molar-refractivity contribution in [2.75, 3.05) is 20.3 Å². The van der Waals surface area contributed by atoms with Gasteiger partial charge >= 0.3 is 0 Å². The first-order valence-electron chi connectivity index (χ1n) is 6.21. The largest absolute Gasteiger partial charge is 0.385 e. The van der Waals surface area contributed by atoms with Crippen LogP contribution < -0.4 is 11.1 Å². The van der Waals surface area contributed by atoms with Gasteiger partial charge in [0, 0.05) is 20.3 Å². The van der Waals surface area contributed by atoms with Gasteiger partial charge in [0.15, 0.2) is 0 Å². The molecule has 0 radical (unpaired) electrons. The molecule has 0 spiro atoms. The Morgan fingerprint density at radius 2 is 2.28 bits per heavy atom. The molecular weight excluding hydrogens is 228 g/mol. The van der Waals surface area contributed by atoms with E-state index in [0.717, 1.165) is 6.42 Å². The highest BCUT2D eigenvalue weighted by Crippen LogP contribution is 2.03. The number of nitrogens with one attached hydrogen (secondary N) is 1. The van der Waals surface area contributed by atoms with Gasteiger partial charge in [0.1, 0.15) is 0 Å². The van der Waals surface area contributed by atoms with Crippen LogP contribution in [-0.2, 0) is 16.0 Å². The van der Waals surface area contributed by atoms with Crippen molar-refractivity contribution in [2.45, 2.75) is 25.8 Å². The lowest BCUT2D eigenvalue weighted by atomic mass is 10.1. The molecule has 4 nitrogen and oxygen atoms in total. The van der Waals surface area contributed by atoms with Crippen LogP contribution >= 0.6 is 0 Å². The molecule has 1 aromatic carbocycles. The van der Waals surface area contributed by atoms with E-state index in [2.05, 4.69) is 30.4 Å². The summed E-state index contributed by atoms with van der Waals surface area (Å²) >= 11 is 0. The van der Waals surface area contributed by atoms with Gasteiger partial charge in [0.25, 0.3) is 0 Å². The second-order valence-corrected chi connectivity index (χ2v) is 4.42. The first-order valence-corrected chi connectivity index (χ1v) is 6.21. The van der Waals surface area contributed by atoms with E-state index >= 15 is 0 Å². The van der Waals surface area contributed by atoms with Crippen LogP contribution in [-0.4, -0.2) is 32.2 Å². The molecule has 1 aromatic rings. The lowest BCUT2D eigenvalue weighted by Crippen LogP contribution is -2.41. The highest BCUT2D eigenvalue weighted by Gasteiger charge is 2.11. The summed E-state index contributed by atoms with van der Waals surface area (Å²) in [5.74, 6) is -0.111. The molecule has 100 valence electrons. The first-order chi connectivity index (χ1) is 8.63. The number of rotatable bonds is 7. The highest BCUT2D eigenvalue weighted by molar-refractivity contribution is 5.81. The zero-order chi connectivity index (χ0) is 13.4. The van der Waals surface area contributed by atoms with Crippen LogP contribution in [0.5, 0.6) is 0 Å². The molecule has 0 saturated carbocycles. The number of methoxy groups -OCH3 is 1. The first kappa shape index (κ1) is 14.7. The van der Waals surface area contributed by atoms with E-state index in [1.54, 1.807) is 7.11 Å². The fraction of sp³-hybridized carbons (Fsp3) is 0.500. The summed E-state index contributed by atoms with van der Waals surface area (Å²) in [4.78, 5) is 11.6. The Hall–Kier alpha value is -1.39. The fourth-order valence-electron chi connectivity index (χ4n) is 1.70. The monoisotopic (exact) mass is 250 g/mol. The minimum atomic E-state index is -0.484. The summed E-state index contributed by atoms with van der Waals surface area (Å²) in [5.41, 5.74) is 8.17. The van der Waals surface area contributed by atoms with Gasteiger partial charge in [-0.3, -0.25) is 4.79 Å². The smallest absolute Gasteiger partial charge is 0.237 e. The maximum Gasteiger partial charge on any atom is 0.237 e. The summed E-state index contributed by atoms with van der Waals surface area (Å²) < 4.78 is 4.89. The molecule has 1 amide bonds. The van der Waals surface area contributed by atoms with E-state index in [0.29, 0.717) is 19.6 Å². The van der Waals surface area contributed by atoms with Crippen LogP contribution in [0, 0.1) is 6.92 Å². The van der Waals surface area contributed by atoms with Crippen LogP contribution in [0.2, 0.25) is 0 Å². The van der Waals surface area contributed by atoms with Crippen molar-refractivity contribution in [2.24, 2.45) is 5.73 Å². The second-order valence-electron chi connectivity index (χ2n) is 4.42. The highest BCUT2D eigenvalue weighted by atomic mass is 16.5. The Labute approximate surface area is 109 Å². The Bertz CT molecular complexity index is 380. The lowest BCUT2D eigenvalue weighted by molar-refractivity contribution is -0.122. The zero-order valence-electron chi connectivity index (χ0n) is 11.1. The predicted octanol–water partition coefficient (Wildman–Crippen LogP) is 1.02. The molecule has 0 aromatic heterocycles. The lowest BCUT2D eigenvalue weighted by Gasteiger charge is -2.11. The number of nitrogens with two attached hydrogens (primary N) is 1. The van der Waals surface area contributed by atoms with Gasteiger partial charge in [-0.2, -0.15) is 0 Å². The van der Waals surface area contributed by atoms with Gasteiger partial charge in [-0.15, -0.1) is 0 Å². The van der Waals surface area contributed by atoms with E-state index in [4.69, 9.17) is 10.5 Å². The van der Waals surface area contributed by atoms with Gasteiger partial charge in [-0.05, 0) is 25.3 Å². The van der Waals surface area contributed by atoms with E-state index in [1.807, 2.05) is 6.07 Å². The molecule has 3 N–H and O–H groups in total. The van der Waals surface area contributed by atoms with Crippen LogP contribution in [0.25, 0.3) is 0 Å². The van der Waals surface area contributed by atoms with Crippen molar-refractivity contribution in [1.29, 1.82) is 0 Å². The molecule has 0 bridgehead atoms. The summed E-state index contributed by atoms with van der Waals surface area (Å²) in [6.07, 6.45) is 1.37. The Kier molecular flexibility index (Phi) is 6.39. The Balaban J connectivity index is 2.27. The van der Waals surface area contributed by atoms with E-state index < -0.39 is 6.04 Å². The molecule has 1 atom stereocenters. The van der Waals surface area contributed by atoms with E-state index in [9.17, 15) is 4.79 Å². The third-order valence-corrected chi connectivity index (χ3v) is 2.77. The second kappa shape index (κ2) is 7.84. The van der Waals surface area contributed by atoms with Gasteiger partial charge in [0.2, 0.25) is 5.91 Å². The standard InChI is InChI=1S/C14H22N2O2/c1-11-4-3-5-12(10-11)6-8-16-14(17)13(15)7-9-18-2/h3-5,10,13H,6-9,15H2,1-2H3,(H,16,17). The van der Waals surface area contributed by atoms with Crippen molar-refractivity contribution in [1.82, 2.24) is 5.32 Å². The van der Waals surface area contributed by atoms with Crippen molar-refractivity contribution in [3.63, 3.8) is 0 Å². The normalized spacial score (nSPS) is 12.2. The molecule has 4 heteroatoms. The molecule has 1 rings (SSSR count). The molecular formula is C14H22N2O2. The minimum Gasteiger partial charge on any atom is -0.385 e. The van der Waals surface area contributed by atoms with Gasteiger partial charge in [-0.25, -0.2) is 0 Å². The summed E-state index contributed by atoms with van der Waals surface area (Å²) in [6.45, 7) is 3.18. The maximum atomic E-state index is 11.6. The summed E-state index contributed by atoms with van der Waals surface area (Å²) in [5, 5.41) is 2.84. The van der Waals surface area contributed by atoms with Gasteiger partial charge < -0.3 is 15.8 Å². The number of hydrogen-bond acceptors (Lipinski definition) is 3. The van der Waals surface area contributed by atoms with Crippen molar-refractivity contribution in [3.05, 3.63) is 35.4 Å². The predicted molar refractivity (Wildman–Crippen MR) is 72.4 cm³/mol. The average Bonchev–Trinajstić information content (AvgIpc) is 2.35. The van der Waals surface area contributed by atoms with Crippen LogP contribution in [0.15, 0.2) is 24.3 Å². The third kappa shape index (κ3) is 5.29. The Morgan fingerprint density at radius 1 is 1.50 bits per heavy atom. The maximum absolute atomic E-state index is 11.6. The molecule has 0 heterocycles. The SMILES string of the molecule is COCCC(N)C(=O)NCCc1cccc(C)c1. The number of carbonyl (C=O) groups is 1. The molecule has 0 aliphatic rings. The quantitative estimate of drug-likeness (QED) is 0.759. The molecule has 0 fully saturated rings. The topological polar surface area (TPSA) is 64.3 Å². The summed E-state index contributed by atoms with van der Waals surface area (Å²) in [7, 11) is 1.60.